The number of hydrogen-bond donors (Lipinski definition) is 2. The summed E-state index contributed by atoms with van der Waals surface area (Å²) in [5.41, 5.74) is 1.52. The van der Waals surface area contributed by atoms with Crippen LogP contribution in [0, 0.1) is 0 Å². The Morgan fingerprint density at radius 1 is 0.914 bits per heavy atom. The molecule has 3 aromatic rings. The van der Waals surface area contributed by atoms with Gasteiger partial charge in [0.2, 0.25) is 10.0 Å². The van der Waals surface area contributed by atoms with E-state index >= 15 is 0 Å². The smallest absolute Gasteiger partial charge is 0.359 e. The van der Waals surface area contributed by atoms with Gasteiger partial charge in [-0.15, -0.1) is 0 Å². The number of carbonyl (C=O) groups is 3. The van der Waals surface area contributed by atoms with Crippen LogP contribution in [0.15, 0.2) is 66.7 Å². The number of pyridine rings is 1. The van der Waals surface area contributed by atoms with Gasteiger partial charge in [0.25, 0.3) is 5.91 Å². The predicted octanol–water partition coefficient (Wildman–Crippen LogP) is 3.09. The van der Waals surface area contributed by atoms with Crippen LogP contribution in [-0.4, -0.2) is 50.7 Å². The maximum atomic E-state index is 12.4. The lowest BCUT2D eigenvalue weighted by Gasteiger charge is -2.12. The van der Waals surface area contributed by atoms with E-state index in [4.69, 9.17) is 9.47 Å². The summed E-state index contributed by atoms with van der Waals surface area (Å²) in [6.45, 7) is 1.12. The molecule has 0 spiro atoms. The summed E-state index contributed by atoms with van der Waals surface area (Å²) in [4.78, 5) is 41.5. The molecule has 0 saturated heterocycles. The fourth-order valence-corrected chi connectivity index (χ4v) is 3.56. The quantitative estimate of drug-likeness (QED) is 0.430. The number of ether oxygens (including phenoxy) is 2. The second-order valence-corrected chi connectivity index (χ2v) is 9.01. The normalized spacial score (nSPS) is 10.8. The minimum atomic E-state index is -3.53. The van der Waals surface area contributed by atoms with Gasteiger partial charge in [0.05, 0.1) is 29.8 Å². The largest absolute Gasteiger partial charge is 0.461 e. The van der Waals surface area contributed by atoms with Gasteiger partial charge < -0.3 is 14.8 Å². The van der Waals surface area contributed by atoms with E-state index in [2.05, 4.69) is 15.0 Å². The molecule has 0 aliphatic rings. The Morgan fingerprint density at radius 2 is 1.66 bits per heavy atom. The SMILES string of the molecule is CCOC(=O)c1nc(-c2ccccc2)ccc1NC(=O)COC(=O)c1cccc(NS(C)(=O)=O)c1. The molecule has 0 fully saturated rings. The molecule has 0 aliphatic heterocycles. The third-order valence-corrected chi connectivity index (χ3v) is 5.05. The lowest BCUT2D eigenvalue weighted by atomic mass is 10.1. The number of benzene rings is 2. The molecule has 1 heterocycles. The van der Waals surface area contributed by atoms with Crippen LogP contribution < -0.4 is 10.0 Å². The van der Waals surface area contributed by atoms with E-state index in [1.54, 1.807) is 13.0 Å². The van der Waals surface area contributed by atoms with Crippen molar-refractivity contribution in [1.82, 2.24) is 4.98 Å². The Balaban J connectivity index is 1.71. The molecule has 2 aromatic carbocycles. The summed E-state index contributed by atoms with van der Waals surface area (Å²) in [6, 6.07) is 18.0. The third kappa shape index (κ3) is 7.37. The summed E-state index contributed by atoms with van der Waals surface area (Å²) in [6.07, 6.45) is 0.980. The first-order chi connectivity index (χ1) is 16.7. The Kier molecular flexibility index (Phi) is 8.16. The average molecular weight is 498 g/mol. The number of carbonyl (C=O) groups excluding carboxylic acids is 3. The summed E-state index contributed by atoms with van der Waals surface area (Å²) >= 11 is 0. The number of nitrogens with one attached hydrogen (secondary N) is 2. The molecule has 0 radical (unpaired) electrons. The number of nitrogens with zero attached hydrogens (tertiary/aromatic N) is 1. The third-order valence-electron chi connectivity index (χ3n) is 4.44. The number of anilines is 2. The zero-order valence-corrected chi connectivity index (χ0v) is 19.8. The zero-order chi connectivity index (χ0) is 25.4. The van der Waals surface area contributed by atoms with Gasteiger partial charge in [-0.25, -0.2) is 23.0 Å². The number of hydrogen-bond acceptors (Lipinski definition) is 8. The van der Waals surface area contributed by atoms with Crippen molar-refractivity contribution in [1.29, 1.82) is 0 Å². The van der Waals surface area contributed by atoms with E-state index in [1.807, 2.05) is 30.3 Å². The van der Waals surface area contributed by atoms with Gasteiger partial charge in [0, 0.05) is 11.3 Å². The highest BCUT2D eigenvalue weighted by atomic mass is 32.2. The molecule has 10 nitrogen and oxygen atoms in total. The standard InChI is InChI=1S/C24H23N3O7S/c1-3-33-24(30)22-20(13-12-19(26-22)16-8-5-4-6-9-16)25-21(28)15-34-23(29)17-10-7-11-18(14-17)27-35(2,31)32/h4-14,27H,3,15H2,1-2H3,(H,25,28). The van der Waals surface area contributed by atoms with Crippen LogP contribution in [-0.2, 0) is 24.3 Å². The van der Waals surface area contributed by atoms with Gasteiger partial charge in [0.1, 0.15) is 0 Å². The van der Waals surface area contributed by atoms with Crippen LogP contribution in [0.2, 0.25) is 0 Å². The highest BCUT2D eigenvalue weighted by molar-refractivity contribution is 7.92. The van der Waals surface area contributed by atoms with Gasteiger partial charge in [-0.3, -0.25) is 9.52 Å². The average Bonchev–Trinajstić information content (AvgIpc) is 2.82. The van der Waals surface area contributed by atoms with Crippen LogP contribution in [0.25, 0.3) is 11.3 Å². The van der Waals surface area contributed by atoms with E-state index in [0.717, 1.165) is 11.8 Å². The van der Waals surface area contributed by atoms with Gasteiger partial charge in [-0.2, -0.15) is 0 Å². The molecule has 0 bridgehead atoms. The first kappa shape index (κ1) is 25.4. The Labute approximate surface area is 202 Å². The van der Waals surface area contributed by atoms with Crippen LogP contribution in [0.5, 0.6) is 0 Å². The van der Waals surface area contributed by atoms with Crippen molar-refractivity contribution in [3.63, 3.8) is 0 Å². The van der Waals surface area contributed by atoms with Crippen molar-refractivity contribution in [3.8, 4) is 11.3 Å². The Hall–Kier alpha value is -4.25. The summed E-state index contributed by atoms with van der Waals surface area (Å²) < 4.78 is 35.1. The second kappa shape index (κ2) is 11.3. The van der Waals surface area contributed by atoms with Crippen molar-refractivity contribution in [2.75, 3.05) is 29.5 Å². The summed E-state index contributed by atoms with van der Waals surface area (Å²) in [7, 11) is -3.53. The highest BCUT2D eigenvalue weighted by Crippen LogP contribution is 2.22. The van der Waals surface area contributed by atoms with Crippen molar-refractivity contribution >= 4 is 39.2 Å². The fourth-order valence-electron chi connectivity index (χ4n) is 3.01. The minimum Gasteiger partial charge on any atom is -0.461 e. The van der Waals surface area contributed by atoms with Crippen molar-refractivity contribution in [2.24, 2.45) is 0 Å². The molecule has 182 valence electrons. The zero-order valence-electron chi connectivity index (χ0n) is 19.0. The molecule has 2 N–H and O–H groups in total. The van der Waals surface area contributed by atoms with Gasteiger partial charge >= 0.3 is 11.9 Å². The highest BCUT2D eigenvalue weighted by Gasteiger charge is 2.19. The molecule has 11 heteroatoms. The monoisotopic (exact) mass is 497 g/mol. The van der Waals surface area contributed by atoms with E-state index in [1.165, 1.54) is 30.3 Å². The molecular weight excluding hydrogens is 474 g/mol. The number of sulfonamides is 1. The van der Waals surface area contributed by atoms with Crippen molar-refractivity contribution in [3.05, 3.63) is 78.0 Å². The van der Waals surface area contributed by atoms with Gasteiger partial charge in [-0.05, 0) is 37.3 Å². The second-order valence-electron chi connectivity index (χ2n) is 7.26. The maximum absolute atomic E-state index is 12.4. The maximum Gasteiger partial charge on any atom is 0.359 e. The molecule has 0 saturated carbocycles. The molecule has 3 rings (SSSR count). The first-order valence-electron chi connectivity index (χ1n) is 10.4. The van der Waals surface area contributed by atoms with Crippen LogP contribution in [0.1, 0.15) is 27.8 Å². The molecular formula is C24H23N3O7S. The number of rotatable bonds is 9. The molecule has 0 aliphatic carbocycles. The van der Waals surface area contributed by atoms with E-state index in [9.17, 15) is 22.8 Å². The molecule has 0 atom stereocenters. The first-order valence-corrected chi connectivity index (χ1v) is 12.3. The van der Waals surface area contributed by atoms with E-state index in [-0.39, 0.29) is 29.2 Å². The van der Waals surface area contributed by atoms with Crippen molar-refractivity contribution in [2.45, 2.75) is 6.92 Å². The fraction of sp³-hybridized carbons (Fsp3) is 0.167. The molecule has 1 amide bonds. The number of amides is 1. The minimum absolute atomic E-state index is 0.0487. The summed E-state index contributed by atoms with van der Waals surface area (Å²) in [5.74, 6) is -2.25. The predicted molar refractivity (Wildman–Crippen MR) is 129 cm³/mol. The number of aromatic nitrogens is 1. The van der Waals surface area contributed by atoms with Gasteiger partial charge in [0.15, 0.2) is 12.3 Å². The lowest BCUT2D eigenvalue weighted by molar-refractivity contribution is -0.119. The lowest BCUT2D eigenvalue weighted by Crippen LogP contribution is -2.23. The van der Waals surface area contributed by atoms with Crippen LogP contribution in [0.4, 0.5) is 11.4 Å². The Bertz CT molecular complexity index is 1340. The summed E-state index contributed by atoms with van der Waals surface area (Å²) in [5, 5.41) is 2.51. The molecule has 35 heavy (non-hydrogen) atoms. The van der Waals surface area contributed by atoms with Crippen LogP contribution in [0.3, 0.4) is 0 Å². The molecule has 1 aromatic heterocycles. The molecule has 0 unspecified atom stereocenters. The Morgan fingerprint density at radius 3 is 2.34 bits per heavy atom. The van der Waals surface area contributed by atoms with Crippen LogP contribution >= 0.6 is 0 Å². The van der Waals surface area contributed by atoms with Gasteiger partial charge in [-0.1, -0.05) is 36.4 Å². The van der Waals surface area contributed by atoms with Crippen molar-refractivity contribution < 1.29 is 32.3 Å². The van der Waals surface area contributed by atoms with E-state index in [0.29, 0.717) is 5.69 Å². The number of esters is 2. The topological polar surface area (TPSA) is 141 Å². The van der Waals surface area contributed by atoms with E-state index < -0.39 is 34.5 Å².